The van der Waals surface area contributed by atoms with E-state index in [1.807, 2.05) is 0 Å². The van der Waals surface area contributed by atoms with Crippen molar-refractivity contribution >= 4 is 0 Å². The van der Waals surface area contributed by atoms with Crippen LogP contribution in [0.4, 0.5) is 0 Å². The average Bonchev–Trinajstić information content (AvgIpc) is 2.02. The summed E-state index contributed by atoms with van der Waals surface area (Å²) in [7, 11) is 1.35. The zero-order valence-electron chi connectivity index (χ0n) is 6.73. The van der Waals surface area contributed by atoms with Gasteiger partial charge in [-0.3, -0.25) is 0 Å². The van der Waals surface area contributed by atoms with Gasteiger partial charge in [0.05, 0.1) is 0 Å². The van der Waals surface area contributed by atoms with Crippen LogP contribution < -0.4 is 0 Å². The minimum Gasteiger partial charge on any atom is -0.366 e. The molecule has 66 valence electrons. The van der Waals surface area contributed by atoms with Crippen molar-refractivity contribution in [1.29, 1.82) is 0 Å². The van der Waals surface area contributed by atoms with Crippen molar-refractivity contribution in [3.63, 3.8) is 0 Å². The predicted octanol–water partition coefficient (Wildman–Crippen LogP) is -0.139. The number of hydrogen-bond donors (Lipinski definition) is 2. The molecule has 0 heterocycles. The zero-order valence-corrected chi connectivity index (χ0v) is 6.73. The molecule has 0 aromatic carbocycles. The van der Waals surface area contributed by atoms with Crippen molar-refractivity contribution in [3.8, 4) is 0 Å². The molecular weight excluding hydrogens is 148 g/mol. The molecule has 0 spiro atoms. The summed E-state index contributed by atoms with van der Waals surface area (Å²) >= 11 is 0. The van der Waals surface area contributed by atoms with Gasteiger partial charge >= 0.3 is 0 Å². The molecule has 0 radical (unpaired) electrons. The smallest absolute Gasteiger partial charge is 0.180 e. The van der Waals surface area contributed by atoms with Gasteiger partial charge in [0.25, 0.3) is 0 Å². The van der Waals surface area contributed by atoms with Crippen molar-refractivity contribution in [2.75, 3.05) is 7.11 Å². The predicted molar refractivity (Wildman–Crippen MR) is 39.8 cm³/mol. The Kier molecular flexibility index (Phi) is 5.06. The Balaban J connectivity index is 3.66. The van der Waals surface area contributed by atoms with E-state index in [2.05, 4.69) is 11.3 Å². The van der Waals surface area contributed by atoms with Crippen LogP contribution in [0.3, 0.4) is 0 Å². The fraction of sp³-hybridized carbons (Fsp3) is 0.714. The highest BCUT2D eigenvalue weighted by Gasteiger charge is 2.15. The van der Waals surface area contributed by atoms with E-state index in [0.717, 1.165) is 0 Å². The van der Waals surface area contributed by atoms with Gasteiger partial charge in [-0.2, -0.15) is 0 Å². The number of rotatable bonds is 5. The molecule has 4 nitrogen and oxygen atoms in total. The zero-order chi connectivity index (χ0) is 8.85. The lowest BCUT2D eigenvalue weighted by Crippen LogP contribution is -2.30. The highest BCUT2D eigenvalue weighted by atomic mass is 16.7. The molecule has 0 aromatic heterocycles. The van der Waals surface area contributed by atoms with E-state index in [4.69, 9.17) is 14.9 Å². The molecule has 11 heavy (non-hydrogen) atoms. The van der Waals surface area contributed by atoms with Crippen molar-refractivity contribution in [1.82, 2.24) is 0 Å². The second-order valence-corrected chi connectivity index (χ2v) is 2.09. The molecule has 0 fully saturated rings. The van der Waals surface area contributed by atoms with E-state index in [-0.39, 0.29) is 0 Å². The van der Waals surface area contributed by atoms with E-state index in [0.29, 0.717) is 0 Å². The first-order valence-corrected chi connectivity index (χ1v) is 3.28. The van der Waals surface area contributed by atoms with E-state index < -0.39 is 18.7 Å². The lowest BCUT2D eigenvalue weighted by atomic mass is 10.4. The van der Waals surface area contributed by atoms with Crippen molar-refractivity contribution in [2.45, 2.75) is 25.6 Å². The first-order valence-electron chi connectivity index (χ1n) is 3.28. The number of aliphatic hydroxyl groups is 2. The van der Waals surface area contributed by atoms with Crippen LogP contribution in [0.2, 0.25) is 0 Å². The fourth-order valence-electron chi connectivity index (χ4n) is 0.534. The van der Waals surface area contributed by atoms with Gasteiger partial charge in [-0.15, -0.1) is 0 Å². The maximum Gasteiger partial charge on any atom is 0.180 e. The Labute approximate surface area is 66.1 Å². The van der Waals surface area contributed by atoms with Gasteiger partial charge in [-0.25, -0.2) is 0 Å². The second kappa shape index (κ2) is 5.26. The summed E-state index contributed by atoms with van der Waals surface area (Å²) in [5, 5.41) is 17.8. The summed E-state index contributed by atoms with van der Waals surface area (Å²) in [6.45, 7) is 4.89. The summed E-state index contributed by atoms with van der Waals surface area (Å²) in [5.74, 6) is 0. The van der Waals surface area contributed by atoms with Gasteiger partial charge in [0, 0.05) is 7.11 Å². The van der Waals surface area contributed by atoms with Gasteiger partial charge in [0.15, 0.2) is 12.6 Å². The summed E-state index contributed by atoms with van der Waals surface area (Å²) in [4.78, 5) is 0. The molecule has 2 N–H and O–H groups in total. The highest BCUT2D eigenvalue weighted by Crippen LogP contribution is 2.02. The van der Waals surface area contributed by atoms with Crippen molar-refractivity contribution in [3.05, 3.63) is 12.7 Å². The molecular formula is C7H14O4. The molecule has 0 rings (SSSR count). The van der Waals surface area contributed by atoms with Crippen LogP contribution in [-0.2, 0) is 9.47 Å². The number of hydrogen-bond acceptors (Lipinski definition) is 4. The largest absolute Gasteiger partial charge is 0.366 e. The molecule has 0 saturated heterocycles. The molecule has 0 amide bonds. The third-order valence-corrected chi connectivity index (χ3v) is 1.20. The Hall–Kier alpha value is -0.420. The molecule has 4 heteroatoms. The van der Waals surface area contributed by atoms with E-state index >= 15 is 0 Å². The van der Waals surface area contributed by atoms with Crippen LogP contribution in [-0.4, -0.2) is 36.0 Å². The summed E-state index contributed by atoms with van der Waals surface area (Å²) < 4.78 is 9.36. The van der Waals surface area contributed by atoms with Crippen molar-refractivity contribution in [2.24, 2.45) is 0 Å². The van der Waals surface area contributed by atoms with Gasteiger partial charge in [0.1, 0.15) is 6.10 Å². The van der Waals surface area contributed by atoms with Gasteiger partial charge in [0.2, 0.25) is 0 Å². The minimum atomic E-state index is -1.06. The third-order valence-electron chi connectivity index (χ3n) is 1.20. The van der Waals surface area contributed by atoms with Crippen LogP contribution in [0.1, 0.15) is 6.92 Å². The Morgan fingerprint density at radius 2 is 2.00 bits per heavy atom. The van der Waals surface area contributed by atoms with Crippen LogP contribution in [0.25, 0.3) is 0 Å². The Bertz CT molecular complexity index is 115. The molecule has 0 aliphatic heterocycles. The van der Waals surface area contributed by atoms with E-state index in [1.165, 1.54) is 13.2 Å². The lowest BCUT2D eigenvalue weighted by molar-refractivity contribution is -0.200. The molecule has 0 aromatic rings. The number of aliphatic hydroxyl groups excluding tert-OH is 2. The summed E-state index contributed by atoms with van der Waals surface area (Å²) in [6.07, 6.45) is -1.44. The van der Waals surface area contributed by atoms with Gasteiger partial charge < -0.3 is 19.7 Å². The summed E-state index contributed by atoms with van der Waals surface area (Å²) in [5.41, 5.74) is 0. The Morgan fingerprint density at radius 1 is 1.45 bits per heavy atom. The van der Waals surface area contributed by atoms with Crippen LogP contribution >= 0.6 is 0 Å². The quantitative estimate of drug-likeness (QED) is 0.436. The van der Waals surface area contributed by atoms with E-state index in [9.17, 15) is 0 Å². The van der Waals surface area contributed by atoms with Crippen LogP contribution in [0, 0.1) is 0 Å². The molecule has 0 bridgehead atoms. The van der Waals surface area contributed by atoms with Gasteiger partial charge in [-0.05, 0) is 13.0 Å². The third kappa shape index (κ3) is 4.10. The van der Waals surface area contributed by atoms with Gasteiger partial charge in [-0.1, -0.05) is 6.58 Å². The minimum absolute atomic E-state index is 0.576. The molecule has 0 aliphatic rings. The second-order valence-electron chi connectivity index (χ2n) is 2.09. The number of ether oxygens (including phenoxy) is 2. The first kappa shape index (κ1) is 10.6. The number of methoxy groups -OCH3 is 1. The Morgan fingerprint density at radius 3 is 2.36 bits per heavy atom. The van der Waals surface area contributed by atoms with Crippen molar-refractivity contribution < 1.29 is 19.7 Å². The normalized spacial score (nSPS) is 18.9. The highest BCUT2D eigenvalue weighted by molar-refractivity contribution is 4.71. The topological polar surface area (TPSA) is 58.9 Å². The standard InChI is InChI=1S/C7H14O4/c1-4-6(8)11-5(2)7(9)10-3/h4-9H,1H2,2-3H3. The molecule has 3 unspecified atom stereocenters. The van der Waals surface area contributed by atoms with Crippen LogP contribution in [0.15, 0.2) is 12.7 Å². The maximum atomic E-state index is 8.98. The van der Waals surface area contributed by atoms with Crippen LogP contribution in [0.5, 0.6) is 0 Å². The molecule has 0 saturated carbocycles. The fourth-order valence-corrected chi connectivity index (χ4v) is 0.534. The molecule has 0 aliphatic carbocycles. The average molecular weight is 162 g/mol. The van der Waals surface area contributed by atoms with E-state index in [1.54, 1.807) is 6.92 Å². The monoisotopic (exact) mass is 162 g/mol. The summed E-state index contributed by atoms with van der Waals surface area (Å²) in [6, 6.07) is 0. The lowest BCUT2D eigenvalue weighted by Gasteiger charge is -2.19. The maximum absolute atomic E-state index is 8.98. The first-order chi connectivity index (χ1) is 5.11. The molecule has 3 atom stereocenters. The SMILES string of the molecule is C=CC(O)OC(C)C(O)OC.